The number of para-hydroxylation sites is 1. The average molecular weight is 320 g/mol. The van der Waals surface area contributed by atoms with Gasteiger partial charge in [-0.15, -0.1) is 0 Å². The molecule has 3 N–H and O–H groups in total. The largest absolute Gasteiger partial charge is 0.490 e. The summed E-state index contributed by atoms with van der Waals surface area (Å²) in [6, 6.07) is 17.3. The molecular formula is C19H20N4O. The van der Waals surface area contributed by atoms with Crippen LogP contribution in [-0.4, -0.2) is 16.1 Å². The smallest absolute Gasteiger partial charge is 0.134 e. The summed E-state index contributed by atoms with van der Waals surface area (Å²) in [7, 11) is 0. The number of rotatable bonds is 5. The van der Waals surface area contributed by atoms with Gasteiger partial charge in [0, 0.05) is 23.0 Å². The van der Waals surface area contributed by atoms with Crippen molar-refractivity contribution < 1.29 is 4.74 Å². The van der Waals surface area contributed by atoms with Crippen LogP contribution in [0.4, 0.5) is 17.2 Å². The van der Waals surface area contributed by atoms with Gasteiger partial charge < -0.3 is 15.8 Å². The molecule has 0 amide bonds. The summed E-state index contributed by atoms with van der Waals surface area (Å²) in [6.45, 7) is 4.01. The van der Waals surface area contributed by atoms with E-state index in [0.717, 1.165) is 28.4 Å². The molecule has 0 bridgehead atoms. The number of nitrogens with two attached hydrogens (primary N) is 1. The van der Waals surface area contributed by atoms with Gasteiger partial charge in [0.25, 0.3) is 0 Å². The van der Waals surface area contributed by atoms with Gasteiger partial charge in [0.05, 0.1) is 11.8 Å². The Hall–Kier alpha value is -3.08. The Morgan fingerprint density at radius 2 is 1.75 bits per heavy atom. The van der Waals surface area contributed by atoms with E-state index >= 15 is 0 Å². The number of hydrogen-bond donors (Lipinski definition) is 2. The van der Waals surface area contributed by atoms with Gasteiger partial charge in [-0.05, 0) is 50.2 Å². The van der Waals surface area contributed by atoms with Crippen molar-refractivity contribution in [2.75, 3.05) is 11.1 Å². The monoisotopic (exact) mass is 320 g/mol. The van der Waals surface area contributed by atoms with Crippen molar-refractivity contribution in [3.05, 3.63) is 60.9 Å². The van der Waals surface area contributed by atoms with Crippen molar-refractivity contribution in [3.8, 4) is 17.0 Å². The molecule has 0 saturated carbocycles. The van der Waals surface area contributed by atoms with E-state index in [1.165, 1.54) is 0 Å². The van der Waals surface area contributed by atoms with Crippen LogP contribution in [-0.2, 0) is 0 Å². The molecule has 1 aromatic heterocycles. The molecule has 5 heteroatoms. The summed E-state index contributed by atoms with van der Waals surface area (Å²) >= 11 is 0. The van der Waals surface area contributed by atoms with E-state index in [1.54, 1.807) is 6.33 Å². The molecule has 0 aliphatic rings. The zero-order valence-corrected chi connectivity index (χ0v) is 13.7. The molecule has 0 fully saturated rings. The van der Waals surface area contributed by atoms with E-state index in [0.29, 0.717) is 5.82 Å². The van der Waals surface area contributed by atoms with Crippen molar-refractivity contribution in [2.45, 2.75) is 20.0 Å². The number of nitrogens with one attached hydrogen (secondary N) is 1. The minimum atomic E-state index is 0.0976. The average Bonchev–Trinajstić information content (AvgIpc) is 2.57. The maximum absolute atomic E-state index is 5.88. The summed E-state index contributed by atoms with van der Waals surface area (Å²) in [6.07, 6.45) is 1.64. The minimum absolute atomic E-state index is 0.0976. The molecule has 0 unspecified atom stereocenters. The lowest BCUT2D eigenvalue weighted by atomic mass is 10.1. The predicted octanol–water partition coefficient (Wildman–Crippen LogP) is 4.26. The summed E-state index contributed by atoms with van der Waals surface area (Å²) < 4.78 is 5.88. The van der Waals surface area contributed by atoms with Crippen LogP contribution in [0, 0.1) is 0 Å². The molecule has 3 aromatic rings. The van der Waals surface area contributed by atoms with Gasteiger partial charge in [-0.2, -0.15) is 0 Å². The highest BCUT2D eigenvalue weighted by Crippen LogP contribution is 2.30. The van der Waals surface area contributed by atoms with Crippen molar-refractivity contribution in [2.24, 2.45) is 0 Å². The number of hydrogen-bond acceptors (Lipinski definition) is 5. The van der Waals surface area contributed by atoms with Crippen LogP contribution in [0.15, 0.2) is 60.9 Å². The second-order valence-corrected chi connectivity index (χ2v) is 5.70. The lowest BCUT2D eigenvalue weighted by Gasteiger charge is -2.14. The highest BCUT2D eigenvalue weighted by Gasteiger charge is 2.10. The molecular weight excluding hydrogens is 300 g/mol. The minimum Gasteiger partial charge on any atom is -0.490 e. The van der Waals surface area contributed by atoms with Crippen LogP contribution in [0.5, 0.6) is 5.75 Å². The third kappa shape index (κ3) is 3.81. The van der Waals surface area contributed by atoms with Crippen LogP contribution in [0.25, 0.3) is 11.3 Å². The number of ether oxygens (including phenoxy) is 1. The maximum Gasteiger partial charge on any atom is 0.134 e. The number of nitrogen functional groups attached to an aromatic ring is 1. The first-order chi connectivity index (χ1) is 11.6. The summed E-state index contributed by atoms with van der Waals surface area (Å²) in [5.74, 6) is 1.52. The van der Waals surface area contributed by atoms with Gasteiger partial charge in [0.15, 0.2) is 0 Å². The molecule has 1 heterocycles. The number of aromatic nitrogens is 2. The third-order valence-corrected chi connectivity index (χ3v) is 3.38. The zero-order valence-electron chi connectivity index (χ0n) is 13.7. The van der Waals surface area contributed by atoms with Gasteiger partial charge in [-0.1, -0.05) is 12.1 Å². The van der Waals surface area contributed by atoms with E-state index < -0.39 is 0 Å². The second kappa shape index (κ2) is 7.00. The Bertz CT molecular complexity index is 816. The fourth-order valence-corrected chi connectivity index (χ4v) is 2.32. The Balaban J connectivity index is 1.89. The SMILES string of the molecule is CC(C)Oc1ccccc1-c1cc(Nc2ccc(N)cc2)ncn1. The second-order valence-electron chi connectivity index (χ2n) is 5.70. The molecule has 0 saturated heterocycles. The fourth-order valence-electron chi connectivity index (χ4n) is 2.32. The van der Waals surface area contributed by atoms with Gasteiger partial charge in [0.2, 0.25) is 0 Å². The third-order valence-electron chi connectivity index (χ3n) is 3.38. The first-order valence-electron chi connectivity index (χ1n) is 7.82. The lowest BCUT2D eigenvalue weighted by Crippen LogP contribution is -2.06. The van der Waals surface area contributed by atoms with Crippen LogP contribution in [0.1, 0.15) is 13.8 Å². The summed E-state index contributed by atoms with van der Waals surface area (Å²) in [5, 5.41) is 3.25. The molecule has 2 aromatic carbocycles. The lowest BCUT2D eigenvalue weighted by molar-refractivity contribution is 0.243. The number of benzene rings is 2. The summed E-state index contributed by atoms with van der Waals surface area (Å²) in [4.78, 5) is 8.66. The standard InChI is InChI=1S/C19H20N4O/c1-13(2)24-18-6-4-3-5-16(18)17-11-19(22-12-21-17)23-15-9-7-14(20)8-10-15/h3-13H,20H2,1-2H3,(H,21,22,23). The predicted molar refractivity (Wildman–Crippen MR) is 97.4 cm³/mol. The number of nitrogens with zero attached hydrogens (tertiary/aromatic N) is 2. The maximum atomic E-state index is 5.88. The van der Waals surface area contributed by atoms with E-state index in [4.69, 9.17) is 10.5 Å². The van der Waals surface area contributed by atoms with Gasteiger partial charge >= 0.3 is 0 Å². The van der Waals surface area contributed by atoms with Crippen LogP contribution in [0.2, 0.25) is 0 Å². The van der Waals surface area contributed by atoms with E-state index in [2.05, 4.69) is 15.3 Å². The van der Waals surface area contributed by atoms with Gasteiger partial charge in [0.1, 0.15) is 17.9 Å². The van der Waals surface area contributed by atoms with Gasteiger partial charge in [-0.3, -0.25) is 0 Å². The molecule has 0 aliphatic carbocycles. The molecule has 122 valence electrons. The van der Waals surface area contributed by atoms with Crippen molar-refractivity contribution in [1.82, 2.24) is 9.97 Å². The van der Waals surface area contributed by atoms with Crippen LogP contribution in [0.3, 0.4) is 0 Å². The fraction of sp³-hybridized carbons (Fsp3) is 0.158. The van der Waals surface area contributed by atoms with Crippen LogP contribution >= 0.6 is 0 Å². The van der Waals surface area contributed by atoms with Crippen LogP contribution < -0.4 is 15.8 Å². The summed E-state index contributed by atoms with van der Waals surface area (Å²) in [5.41, 5.74) is 9.10. The van der Waals surface area contributed by atoms with Gasteiger partial charge in [-0.25, -0.2) is 9.97 Å². The zero-order chi connectivity index (χ0) is 16.9. The Labute approximate surface area is 141 Å². The van der Waals surface area contributed by atoms with E-state index in [9.17, 15) is 0 Å². The number of anilines is 3. The Morgan fingerprint density at radius 3 is 2.50 bits per heavy atom. The normalized spacial score (nSPS) is 10.6. The quantitative estimate of drug-likeness (QED) is 0.687. The molecule has 3 rings (SSSR count). The molecule has 0 radical (unpaired) electrons. The molecule has 0 atom stereocenters. The first kappa shape index (κ1) is 15.8. The Kier molecular flexibility index (Phi) is 4.61. The van der Waals surface area contributed by atoms with Crippen molar-refractivity contribution in [1.29, 1.82) is 0 Å². The first-order valence-corrected chi connectivity index (χ1v) is 7.82. The highest BCUT2D eigenvalue weighted by atomic mass is 16.5. The topological polar surface area (TPSA) is 73.1 Å². The van der Waals surface area contributed by atoms with E-state index in [-0.39, 0.29) is 6.10 Å². The molecule has 24 heavy (non-hydrogen) atoms. The molecule has 0 spiro atoms. The van der Waals surface area contributed by atoms with Crippen molar-refractivity contribution in [3.63, 3.8) is 0 Å². The van der Waals surface area contributed by atoms with E-state index in [1.807, 2.05) is 68.4 Å². The molecule has 0 aliphatic heterocycles. The highest BCUT2D eigenvalue weighted by molar-refractivity contribution is 5.70. The molecule has 5 nitrogen and oxygen atoms in total. The Morgan fingerprint density at radius 1 is 1.00 bits per heavy atom. The van der Waals surface area contributed by atoms with Crippen molar-refractivity contribution >= 4 is 17.2 Å².